The Morgan fingerprint density at radius 2 is 0.900 bits per heavy atom. The molecule has 4 fully saturated rings. The van der Waals surface area contributed by atoms with Crippen molar-refractivity contribution in [2.45, 2.75) is 114 Å². The number of carbonyl (C=O) groups is 2. The Morgan fingerprint density at radius 3 is 1.18 bits per heavy atom. The Balaban J connectivity index is 0.000000161. The molecule has 2 aromatic rings. The Morgan fingerprint density at radius 1 is 0.600 bits per heavy atom. The highest BCUT2D eigenvalue weighted by molar-refractivity contribution is 5.94. The first kappa shape index (κ1) is 28.8. The maximum Gasteiger partial charge on any atom is 0.226 e. The van der Waals surface area contributed by atoms with Gasteiger partial charge in [-0.3, -0.25) is 9.59 Å². The van der Waals surface area contributed by atoms with Crippen LogP contribution in [0.4, 0.5) is 11.4 Å². The summed E-state index contributed by atoms with van der Waals surface area (Å²) in [5.41, 5.74) is 2.13. The fourth-order valence-electron chi connectivity index (χ4n) is 7.82. The van der Waals surface area contributed by atoms with Crippen molar-refractivity contribution in [2.24, 2.45) is 0 Å². The largest absolute Gasteiger partial charge is 0.309 e. The van der Waals surface area contributed by atoms with Crippen molar-refractivity contribution < 1.29 is 9.59 Å². The summed E-state index contributed by atoms with van der Waals surface area (Å²) in [6.45, 7) is 3.92. The second kappa shape index (κ2) is 12.9. The number of benzene rings is 2. The van der Waals surface area contributed by atoms with Crippen molar-refractivity contribution in [1.29, 1.82) is 0 Å². The maximum absolute atomic E-state index is 12.4. The number of anilines is 2. The highest BCUT2D eigenvalue weighted by atomic mass is 16.2. The van der Waals surface area contributed by atoms with Gasteiger partial charge in [-0.05, 0) is 89.7 Å². The summed E-state index contributed by atoms with van der Waals surface area (Å²) in [6.07, 6.45) is 10.8. The number of hydrogen-bond donors (Lipinski definition) is 0. The van der Waals surface area contributed by atoms with Crippen molar-refractivity contribution >= 4 is 23.2 Å². The molecule has 0 aliphatic carbocycles. The number of amides is 2. The molecule has 2 aromatic carbocycles. The van der Waals surface area contributed by atoms with Gasteiger partial charge in [0.15, 0.2) is 0 Å². The highest BCUT2D eigenvalue weighted by Gasteiger charge is 2.42. The number of piperidine rings is 2. The third-order valence-electron chi connectivity index (χ3n) is 10.1. The molecule has 216 valence electrons. The summed E-state index contributed by atoms with van der Waals surface area (Å²) in [6, 6.07) is 23.8. The van der Waals surface area contributed by atoms with E-state index in [1.165, 1.54) is 25.7 Å². The van der Waals surface area contributed by atoms with Crippen molar-refractivity contribution in [3.8, 4) is 0 Å². The summed E-state index contributed by atoms with van der Waals surface area (Å²) in [5.74, 6) is 0.510. The van der Waals surface area contributed by atoms with Gasteiger partial charge in [0, 0.05) is 60.5 Å². The van der Waals surface area contributed by atoms with Gasteiger partial charge in [-0.1, -0.05) is 50.2 Å². The molecule has 4 bridgehead atoms. The van der Waals surface area contributed by atoms with Crippen LogP contribution < -0.4 is 9.80 Å². The predicted molar refractivity (Wildman–Crippen MR) is 164 cm³/mol. The molecule has 4 saturated heterocycles. The molecule has 40 heavy (non-hydrogen) atoms. The van der Waals surface area contributed by atoms with Gasteiger partial charge in [-0.2, -0.15) is 0 Å². The first-order valence-corrected chi connectivity index (χ1v) is 15.6. The van der Waals surface area contributed by atoms with Crippen LogP contribution in [0.5, 0.6) is 0 Å². The standard InChI is InChI=1S/2C17H24N2O/c2*1-3-17(20)19(13-7-5-4-6-8-13)16-11-14-9-10-15(12-16)18(14)2/h2*4-8,14-16H,3,9-12H2,1-2H3/t2*14-,15+,16?. The van der Waals surface area contributed by atoms with Crippen LogP contribution in [0.3, 0.4) is 0 Å². The number of fused-ring (bicyclic) bond motifs is 4. The number of para-hydroxylation sites is 2. The quantitative estimate of drug-likeness (QED) is 0.440. The minimum absolute atomic E-state index is 0.255. The van der Waals surface area contributed by atoms with E-state index in [1.807, 2.05) is 50.2 Å². The lowest BCUT2D eigenvalue weighted by molar-refractivity contribution is -0.119. The van der Waals surface area contributed by atoms with Gasteiger partial charge in [0.1, 0.15) is 0 Å². The second-order valence-electron chi connectivity index (χ2n) is 12.3. The lowest BCUT2D eigenvalue weighted by Gasteiger charge is -2.41. The molecule has 2 unspecified atom stereocenters. The molecule has 0 N–H and O–H groups in total. The number of hydrogen-bond acceptors (Lipinski definition) is 4. The molecule has 0 spiro atoms. The van der Waals surface area contributed by atoms with Gasteiger partial charge in [-0.15, -0.1) is 0 Å². The van der Waals surface area contributed by atoms with E-state index >= 15 is 0 Å². The Kier molecular flexibility index (Phi) is 9.27. The molecule has 6 atom stereocenters. The summed E-state index contributed by atoms with van der Waals surface area (Å²) in [4.78, 5) is 34.1. The molecular formula is C34H48N4O2. The van der Waals surface area contributed by atoms with Gasteiger partial charge in [0.2, 0.25) is 11.8 Å². The van der Waals surface area contributed by atoms with E-state index < -0.39 is 0 Å². The zero-order chi connectivity index (χ0) is 28.2. The van der Waals surface area contributed by atoms with Crippen molar-refractivity contribution in [3.05, 3.63) is 60.7 Å². The summed E-state index contributed by atoms with van der Waals surface area (Å²) in [5, 5.41) is 0. The zero-order valence-corrected chi connectivity index (χ0v) is 24.9. The fourth-order valence-corrected chi connectivity index (χ4v) is 7.82. The Bertz CT molecular complexity index is 1010. The lowest BCUT2D eigenvalue weighted by atomic mass is 9.95. The Labute approximate surface area is 241 Å². The zero-order valence-electron chi connectivity index (χ0n) is 24.9. The average Bonchev–Trinajstić information content (AvgIpc) is 3.30. The first-order valence-electron chi connectivity index (χ1n) is 15.6. The number of carbonyl (C=O) groups excluding carboxylic acids is 2. The number of nitrogens with zero attached hydrogens (tertiary/aromatic N) is 4. The van der Waals surface area contributed by atoms with Crippen LogP contribution in [0.25, 0.3) is 0 Å². The van der Waals surface area contributed by atoms with E-state index in [-0.39, 0.29) is 11.8 Å². The SMILES string of the molecule is CCC(=O)N(c1ccccc1)C1C[C@H]2CC[C@@H](C1)N2C.CCC(=O)N(c1ccccc1)C1C[C@H]2CC[C@@H](C1)N2C. The van der Waals surface area contributed by atoms with Gasteiger partial charge in [0.05, 0.1) is 0 Å². The van der Waals surface area contributed by atoms with Crippen molar-refractivity contribution in [3.63, 3.8) is 0 Å². The molecular weight excluding hydrogens is 496 g/mol. The first-order chi connectivity index (χ1) is 19.4. The monoisotopic (exact) mass is 544 g/mol. The molecule has 6 heteroatoms. The fraction of sp³-hybridized carbons (Fsp3) is 0.588. The van der Waals surface area contributed by atoms with Gasteiger partial charge in [-0.25, -0.2) is 0 Å². The van der Waals surface area contributed by atoms with Crippen LogP contribution in [0.15, 0.2) is 60.7 Å². The van der Waals surface area contributed by atoms with E-state index in [9.17, 15) is 9.59 Å². The van der Waals surface area contributed by atoms with Crippen LogP contribution in [0, 0.1) is 0 Å². The van der Waals surface area contributed by atoms with Crippen LogP contribution in [0.1, 0.15) is 78.1 Å². The molecule has 0 saturated carbocycles. The van der Waals surface area contributed by atoms with Gasteiger partial charge < -0.3 is 19.6 Å². The van der Waals surface area contributed by atoms with Crippen LogP contribution >= 0.6 is 0 Å². The van der Waals surface area contributed by atoms with Crippen LogP contribution in [-0.4, -0.2) is 72.0 Å². The molecule has 4 aliphatic heterocycles. The molecule has 0 radical (unpaired) electrons. The lowest BCUT2D eigenvalue weighted by Crippen LogP contribution is -2.51. The molecule has 6 nitrogen and oxygen atoms in total. The molecule has 6 rings (SSSR count). The van der Waals surface area contributed by atoms with E-state index in [0.717, 1.165) is 37.1 Å². The van der Waals surface area contributed by atoms with Crippen molar-refractivity contribution in [2.75, 3.05) is 23.9 Å². The average molecular weight is 545 g/mol. The summed E-state index contributed by atoms with van der Waals surface area (Å²) in [7, 11) is 4.49. The van der Waals surface area contributed by atoms with E-state index in [1.54, 1.807) is 0 Å². The van der Waals surface area contributed by atoms with Gasteiger partial charge in [0.25, 0.3) is 0 Å². The minimum atomic E-state index is 0.255. The number of rotatable bonds is 6. The molecule has 4 heterocycles. The molecule has 4 aliphatic rings. The molecule has 2 amide bonds. The predicted octanol–water partition coefficient (Wildman–Crippen LogP) is 6.11. The van der Waals surface area contributed by atoms with E-state index in [0.29, 0.717) is 49.1 Å². The van der Waals surface area contributed by atoms with E-state index in [2.05, 4.69) is 58.0 Å². The third-order valence-corrected chi connectivity index (χ3v) is 10.1. The highest BCUT2D eigenvalue weighted by Crippen LogP contribution is 2.39. The van der Waals surface area contributed by atoms with E-state index in [4.69, 9.17) is 0 Å². The molecule has 0 aromatic heterocycles. The van der Waals surface area contributed by atoms with Crippen LogP contribution in [0.2, 0.25) is 0 Å². The summed E-state index contributed by atoms with van der Waals surface area (Å²) < 4.78 is 0. The maximum atomic E-state index is 12.4. The topological polar surface area (TPSA) is 47.1 Å². The smallest absolute Gasteiger partial charge is 0.226 e. The van der Waals surface area contributed by atoms with Gasteiger partial charge >= 0.3 is 0 Å². The minimum Gasteiger partial charge on any atom is -0.309 e. The normalized spacial score (nSPS) is 29.4. The van der Waals surface area contributed by atoms with Crippen LogP contribution in [-0.2, 0) is 9.59 Å². The third kappa shape index (κ3) is 5.99. The summed E-state index contributed by atoms with van der Waals surface area (Å²) >= 11 is 0. The Hall–Kier alpha value is -2.70. The second-order valence-corrected chi connectivity index (χ2v) is 12.3. The van der Waals surface area contributed by atoms with Crippen molar-refractivity contribution in [1.82, 2.24) is 9.80 Å².